The first-order valence-corrected chi connectivity index (χ1v) is 12.4. The summed E-state index contributed by atoms with van der Waals surface area (Å²) in [6.07, 6.45) is 0.925. The largest absolute Gasteiger partial charge is 0.352 e. The minimum atomic E-state index is -3.68. The highest BCUT2D eigenvalue weighted by atomic mass is 32.2. The number of hydrogen-bond acceptors (Lipinski definition) is 4. The average molecular weight is 462 g/mol. The Balaban J connectivity index is 1.55. The molecule has 2 aromatic rings. The Bertz CT molecular complexity index is 1020. The summed E-state index contributed by atoms with van der Waals surface area (Å²) in [5.74, 6) is -0.743. The van der Waals surface area contributed by atoms with Crippen molar-refractivity contribution in [2.75, 3.05) is 20.1 Å². The summed E-state index contributed by atoms with van der Waals surface area (Å²) in [4.78, 5) is 15.1. The number of amides is 1. The van der Waals surface area contributed by atoms with Gasteiger partial charge in [-0.15, -0.1) is 0 Å². The Labute approximate surface area is 190 Å². The molecule has 1 aliphatic rings. The topological polar surface area (TPSA) is 69.7 Å². The van der Waals surface area contributed by atoms with E-state index in [4.69, 9.17) is 0 Å². The molecule has 0 radical (unpaired) electrons. The molecule has 0 aromatic heterocycles. The molecule has 1 fully saturated rings. The lowest BCUT2D eigenvalue weighted by Crippen LogP contribution is -2.42. The first-order chi connectivity index (χ1) is 15.2. The maximum atomic E-state index is 13.1. The van der Waals surface area contributed by atoms with Gasteiger partial charge < -0.3 is 5.32 Å². The minimum absolute atomic E-state index is 0.0455. The molecule has 1 N–H and O–H groups in total. The summed E-state index contributed by atoms with van der Waals surface area (Å²) < 4.78 is 40.0. The number of benzene rings is 2. The van der Waals surface area contributed by atoms with Gasteiger partial charge in [0.2, 0.25) is 15.9 Å². The molecule has 174 valence electrons. The first-order valence-electron chi connectivity index (χ1n) is 11.0. The zero-order valence-electron chi connectivity index (χ0n) is 18.9. The number of rotatable bonds is 8. The second-order valence-electron chi connectivity index (χ2n) is 8.63. The second kappa shape index (κ2) is 10.6. The molecule has 3 rings (SSSR count). The van der Waals surface area contributed by atoms with E-state index in [-0.39, 0.29) is 29.8 Å². The predicted octanol–water partition coefficient (Wildman–Crippen LogP) is 3.38. The molecule has 32 heavy (non-hydrogen) atoms. The summed E-state index contributed by atoms with van der Waals surface area (Å²) in [6, 6.07) is 13.4. The van der Waals surface area contributed by atoms with Crippen LogP contribution in [0.4, 0.5) is 4.39 Å². The van der Waals surface area contributed by atoms with Crippen molar-refractivity contribution >= 4 is 15.9 Å². The van der Waals surface area contributed by atoms with E-state index in [1.807, 2.05) is 18.2 Å². The highest BCUT2D eigenvalue weighted by Gasteiger charge is 2.32. The van der Waals surface area contributed by atoms with Crippen molar-refractivity contribution in [2.24, 2.45) is 5.92 Å². The Kier molecular flexibility index (Phi) is 8.03. The smallest absolute Gasteiger partial charge is 0.243 e. The summed E-state index contributed by atoms with van der Waals surface area (Å²) in [6.45, 7) is 6.10. The molecule has 1 amide bonds. The third kappa shape index (κ3) is 5.94. The number of nitrogens with zero attached hydrogens (tertiary/aromatic N) is 2. The summed E-state index contributed by atoms with van der Waals surface area (Å²) in [5, 5.41) is 3.04. The molecule has 0 spiro atoms. The van der Waals surface area contributed by atoms with Crippen LogP contribution in [-0.2, 0) is 27.9 Å². The lowest BCUT2D eigenvalue weighted by Gasteiger charge is -2.30. The van der Waals surface area contributed by atoms with E-state index in [1.54, 1.807) is 0 Å². The molecular formula is C24H32FN3O3S. The van der Waals surface area contributed by atoms with E-state index >= 15 is 0 Å². The lowest BCUT2D eigenvalue weighted by atomic mass is 9.97. The van der Waals surface area contributed by atoms with Crippen LogP contribution in [0, 0.1) is 11.7 Å². The third-order valence-corrected chi connectivity index (χ3v) is 8.06. The van der Waals surface area contributed by atoms with Crippen LogP contribution < -0.4 is 5.32 Å². The van der Waals surface area contributed by atoms with Crippen LogP contribution in [0.5, 0.6) is 0 Å². The van der Waals surface area contributed by atoms with Gasteiger partial charge in [0.05, 0.1) is 4.90 Å². The summed E-state index contributed by atoms with van der Waals surface area (Å²) >= 11 is 0. The number of hydrogen-bond donors (Lipinski definition) is 1. The maximum absolute atomic E-state index is 13.1. The Morgan fingerprint density at radius 1 is 1.09 bits per heavy atom. The molecule has 2 aromatic carbocycles. The van der Waals surface area contributed by atoms with E-state index in [0.29, 0.717) is 25.4 Å². The molecule has 0 unspecified atom stereocenters. The van der Waals surface area contributed by atoms with Gasteiger partial charge >= 0.3 is 0 Å². The molecule has 0 atom stereocenters. The van der Waals surface area contributed by atoms with Crippen molar-refractivity contribution in [1.29, 1.82) is 0 Å². The quantitative estimate of drug-likeness (QED) is 0.654. The molecule has 1 heterocycles. The summed E-state index contributed by atoms with van der Waals surface area (Å²) in [5.41, 5.74) is 2.27. The van der Waals surface area contributed by atoms with Crippen LogP contribution in [0.15, 0.2) is 53.4 Å². The van der Waals surface area contributed by atoms with Crippen molar-refractivity contribution < 1.29 is 17.6 Å². The van der Waals surface area contributed by atoms with Crippen LogP contribution in [0.1, 0.15) is 37.8 Å². The van der Waals surface area contributed by atoms with Gasteiger partial charge in [0.1, 0.15) is 5.82 Å². The number of sulfonamides is 1. The third-order valence-electron chi connectivity index (χ3n) is 6.15. The zero-order chi connectivity index (χ0) is 23.3. The van der Waals surface area contributed by atoms with E-state index in [2.05, 4.69) is 37.2 Å². The highest BCUT2D eigenvalue weighted by molar-refractivity contribution is 7.89. The number of halogens is 1. The van der Waals surface area contributed by atoms with Crippen LogP contribution >= 0.6 is 0 Å². The zero-order valence-corrected chi connectivity index (χ0v) is 19.7. The normalized spacial score (nSPS) is 15.9. The maximum Gasteiger partial charge on any atom is 0.243 e. The Morgan fingerprint density at radius 3 is 2.28 bits per heavy atom. The molecular weight excluding hydrogens is 429 g/mol. The first kappa shape index (κ1) is 24.4. The van der Waals surface area contributed by atoms with Crippen molar-refractivity contribution in [1.82, 2.24) is 14.5 Å². The highest BCUT2D eigenvalue weighted by Crippen LogP contribution is 2.24. The number of carbonyl (C=O) groups is 1. The molecule has 1 saturated heterocycles. The number of piperidine rings is 1. The minimum Gasteiger partial charge on any atom is -0.352 e. The average Bonchev–Trinajstić information content (AvgIpc) is 2.78. The van der Waals surface area contributed by atoms with E-state index in [9.17, 15) is 17.6 Å². The van der Waals surface area contributed by atoms with E-state index < -0.39 is 15.8 Å². The molecule has 8 heteroatoms. The fourth-order valence-electron chi connectivity index (χ4n) is 3.78. The predicted molar refractivity (Wildman–Crippen MR) is 123 cm³/mol. The molecule has 0 bridgehead atoms. The van der Waals surface area contributed by atoms with Crippen LogP contribution in [-0.4, -0.2) is 49.7 Å². The SMILES string of the molecule is CC(C)N(C)Cc1ccccc1CNC(=O)C1CCN(S(=O)(=O)c2ccc(F)cc2)CC1. The van der Waals surface area contributed by atoms with Gasteiger partial charge in [-0.3, -0.25) is 9.69 Å². The van der Waals surface area contributed by atoms with Gasteiger partial charge in [0, 0.05) is 38.1 Å². The standard InChI is InChI=1S/C24H32FN3O3S/c1-18(2)27(3)17-21-7-5-4-6-20(21)16-26-24(29)19-12-14-28(15-13-19)32(30,31)23-10-8-22(25)9-11-23/h4-11,18-19H,12-17H2,1-3H3,(H,26,29). The number of carbonyl (C=O) groups excluding carboxylic acids is 1. The van der Waals surface area contributed by atoms with Crippen molar-refractivity contribution in [3.05, 3.63) is 65.5 Å². The van der Waals surface area contributed by atoms with Gasteiger partial charge in [-0.2, -0.15) is 4.31 Å². The van der Waals surface area contributed by atoms with E-state index in [1.165, 1.54) is 22.0 Å². The van der Waals surface area contributed by atoms with Gasteiger partial charge in [0.15, 0.2) is 0 Å². The van der Waals surface area contributed by atoms with Gasteiger partial charge in [-0.25, -0.2) is 12.8 Å². The second-order valence-corrected chi connectivity index (χ2v) is 10.6. The van der Waals surface area contributed by atoms with Crippen LogP contribution in [0.2, 0.25) is 0 Å². The fourth-order valence-corrected chi connectivity index (χ4v) is 5.25. The molecule has 1 aliphatic heterocycles. The fraction of sp³-hybridized carbons (Fsp3) is 0.458. The molecule has 0 saturated carbocycles. The number of nitrogens with one attached hydrogen (secondary N) is 1. The van der Waals surface area contributed by atoms with Gasteiger partial charge in [-0.05, 0) is 69.1 Å². The Morgan fingerprint density at radius 2 is 1.69 bits per heavy atom. The van der Waals surface area contributed by atoms with Crippen molar-refractivity contribution in [2.45, 2.75) is 50.7 Å². The molecule has 6 nitrogen and oxygen atoms in total. The van der Waals surface area contributed by atoms with Crippen LogP contribution in [0.3, 0.4) is 0 Å². The van der Waals surface area contributed by atoms with Gasteiger partial charge in [-0.1, -0.05) is 24.3 Å². The van der Waals surface area contributed by atoms with Crippen molar-refractivity contribution in [3.8, 4) is 0 Å². The van der Waals surface area contributed by atoms with Gasteiger partial charge in [0.25, 0.3) is 0 Å². The van der Waals surface area contributed by atoms with E-state index in [0.717, 1.165) is 24.2 Å². The molecule has 0 aliphatic carbocycles. The summed E-state index contributed by atoms with van der Waals surface area (Å²) in [7, 11) is -1.60. The van der Waals surface area contributed by atoms with Crippen LogP contribution in [0.25, 0.3) is 0 Å². The Hall–Kier alpha value is -2.29. The van der Waals surface area contributed by atoms with Crippen molar-refractivity contribution in [3.63, 3.8) is 0 Å². The monoisotopic (exact) mass is 461 g/mol. The lowest BCUT2D eigenvalue weighted by molar-refractivity contribution is -0.126.